The lowest BCUT2D eigenvalue weighted by Crippen LogP contribution is -2.27. The van der Waals surface area contributed by atoms with E-state index in [1.54, 1.807) is 0 Å². The van der Waals surface area contributed by atoms with Crippen molar-refractivity contribution in [1.29, 1.82) is 0 Å². The maximum atomic E-state index is 12.2. The van der Waals surface area contributed by atoms with Crippen molar-refractivity contribution >= 4 is 23.2 Å². The van der Waals surface area contributed by atoms with Crippen molar-refractivity contribution in [2.75, 3.05) is 18.5 Å². The molecule has 2 rings (SSSR count). The standard InChI is InChI=1S/C13H13ClF3NO3/c14-8-3-4-9(11(6-8)21-7-13(15,16)17)18-12(19)10-2-1-5-20-10/h3-4,6,10H,1-2,5,7H2,(H,18,19). The minimum absolute atomic E-state index is 0.129. The number of amides is 1. The van der Waals surface area contributed by atoms with Gasteiger partial charge < -0.3 is 14.8 Å². The Morgan fingerprint density at radius 2 is 2.24 bits per heavy atom. The van der Waals surface area contributed by atoms with E-state index in [1.807, 2.05) is 0 Å². The monoisotopic (exact) mass is 323 g/mol. The highest BCUT2D eigenvalue weighted by Gasteiger charge is 2.29. The Morgan fingerprint density at radius 1 is 1.48 bits per heavy atom. The molecule has 1 amide bonds. The van der Waals surface area contributed by atoms with Gasteiger partial charge in [0.1, 0.15) is 11.9 Å². The fourth-order valence-corrected chi connectivity index (χ4v) is 2.04. The van der Waals surface area contributed by atoms with E-state index in [4.69, 9.17) is 16.3 Å². The molecule has 1 heterocycles. The van der Waals surface area contributed by atoms with Gasteiger partial charge in [0.2, 0.25) is 0 Å². The summed E-state index contributed by atoms with van der Waals surface area (Å²) in [7, 11) is 0. The number of halogens is 4. The van der Waals surface area contributed by atoms with Gasteiger partial charge in [-0.3, -0.25) is 4.79 Å². The van der Waals surface area contributed by atoms with Gasteiger partial charge in [-0.15, -0.1) is 0 Å². The van der Waals surface area contributed by atoms with Crippen molar-refractivity contribution in [1.82, 2.24) is 0 Å². The van der Waals surface area contributed by atoms with Gasteiger partial charge >= 0.3 is 6.18 Å². The first-order valence-electron chi connectivity index (χ1n) is 6.27. The van der Waals surface area contributed by atoms with Crippen LogP contribution in [0.15, 0.2) is 18.2 Å². The van der Waals surface area contributed by atoms with Crippen molar-refractivity contribution < 1.29 is 27.4 Å². The summed E-state index contributed by atoms with van der Waals surface area (Å²) >= 11 is 5.73. The van der Waals surface area contributed by atoms with E-state index in [0.29, 0.717) is 13.0 Å². The highest BCUT2D eigenvalue weighted by atomic mass is 35.5. The quantitative estimate of drug-likeness (QED) is 0.924. The predicted molar refractivity (Wildman–Crippen MR) is 70.6 cm³/mol. The first-order valence-corrected chi connectivity index (χ1v) is 6.64. The second-order valence-corrected chi connectivity index (χ2v) is 4.97. The van der Waals surface area contributed by atoms with Crippen molar-refractivity contribution in [3.8, 4) is 5.75 Å². The zero-order valence-corrected chi connectivity index (χ0v) is 11.6. The minimum atomic E-state index is -4.47. The van der Waals surface area contributed by atoms with Crippen LogP contribution in [0, 0.1) is 0 Å². The molecule has 1 unspecified atom stereocenters. The van der Waals surface area contributed by atoms with Crippen LogP contribution >= 0.6 is 11.6 Å². The van der Waals surface area contributed by atoms with Gasteiger partial charge in [-0.2, -0.15) is 13.2 Å². The summed E-state index contributed by atoms with van der Waals surface area (Å²) in [6.07, 6.45) is -3.71. The molecule has 4 nitrogen and oxygen atoms in total. The molecule has 1 atom stereocenters. The maximum Gasteiger partial charge on any atom is 0.422 e. The van der Waals surface area contributed by atoms with Crippen LogP contribution in [0.2, 0.25) is 5.02 Å². The third-order valence-electron chi connectivity index (χ3n) is 2.81. The van der Waals surface area contributed by atoms with Crippen molar-refractivity contribution in [2.45, 2.75) is 25.1 Å². The number of carbonyl (C=O) groups excluding carboxylic acids is 1. The van der Waals surface area contributed by atoms with Crippen LogP contribution in [0.25, 0.3) is 0 Å². The van der Waals surface area contributed by atoms with E-state index in [2.05, 4.69) is 10.1 Å². The van der Waals surface area contributed by atoms with Crippen LogP contribution in [0.5, 0.6) is 5.75 Å². The number of benzene rings is 1. The zero-order valence-electron chi connectivity index (χ0n) is 10.9. The predicted octanol–water partition coefficient (Wildman–Crippen LogP) is 3.40. The molecule has 116 valence electrons. The summed E-state index contributed by atoms with van der Waals surface area (Å²) in [6, 6.07) is 4.06. The van der Waals surface area contributed by atoms with Gasteiger partial charge in [0, 0.05) is 17.7 Å². The van der Waals surface area contributed by atoms with Crippen LogP contribution < -0.4 is 10.1 Å². The number of nitrogens with one attached hydrogen (secondary N) is 1. The lowest BCUT2D eigenvalue weighted by Gasteiger charge is -2.16. The fourth-order valence-electron chi connectivity index (χ4n) is 1.88. The topological polar surface area (TPSA) is 47.6 Å². The Bertz CT molecular complexity index is 516. The molecule has 1 aromatic rings. The van der Waals surface area contributed by atoms with Crippen LogP contribution in [-0.4, -0.2) is 31.4 Å². The largest absolute Gasteiger partial charge is 0.482 e. The third kappa shape index (κ3) is 4.78. The number of hydrogen-bond donors (Lipinski definition) is 1. The lowest BCUT2D eigenvalue weighted by molar-refractivity contribution is -0.153. The van der Waals surface area contributed by atoms with E-state index < -0.39 is 24.8 Å². The van der Waals surface area contributed by atoms with Gasteiger partial charge in [0.25, 0.3) is 5.91 Å². The molecule has 0 spiro atoms. The molecule has 0 radical (unpaired) electrons. The molecule has 21 heavy (non-hydrogen) atoms. The number of rotatable bonds is 4. The number of alkyl halides is 3. The highest BCUT2D eigenvalue weighted by molar-refractivity contribution is 6.30. The number of hydrogen-bond acceptors (Lipinski definition) is 3. The molecule has 0 aromatic heterocycles. The molecule has 1 fully saturated rings. The Balaban J connectivity index is 2.08. The van der Waals surface area contributed by atoms with E-state index >= 15 is 0 Å². The average molecular weight is 324 g/mol. The van der Waals surface area contributed by atoms with Gasteiger partial charge in [0.05, 0.1) is 5.69 Å². The van der Waals surface area contributed by atoms with E-state index in [0.717, 1.165) is 6.42 Å². The highest BCUT2D eigenvalue weighted by Crippen LogP contribution is 2.30. The Hall–Kier alpha value is -1.47. The first-order chi connectivity index (χ1) is 9.85. The molecule has 0 saturated carbocycles. The van der Waals surface area contributed by atoms with E-state index in [-0.39, 0.29) is 16.5 Å². The molecule has 1 N–H and O–H groups in total. The number of ether oxygens (including phenoxy) is 2. The second kappa shape index (κ2) is 6.53. The molecule has 1 aliphatic heterocycles. The van der Waals surface area contributed by atoms with Crippen LogP contribution in [0.4, 0.5) is 18.9 Å². The van der Waals surface area contributed by atoms with Gasteiger partial charge in [-0.05, 0) is 25.0 Å². The zero-order chi connectivity index (χ0) is 15.5. The molecule has 1 saturated heterocycles. The Morgan fingerprint density at radius 3 is 2.86 bits per heavy atom. The lowest BCUT2D eigenvalue weighted by atomic mass is 10.2. The summed E-state index contributed by atoms with van der Waals surface area (Å²) in [5.74, 6) is -0.544. The summed E-state index contributed by atoms with van der Waals surface area (Å²) in [6.45, 7) is -0.966. The molecule has 0 bridgehead atoms. The first kappa shape index (κ1) is 15.9. The fraction of sp³-hybridized carbons (Fsp3) is 0.462. The molecular formula is C13H13ClF3NO3. The minimum Gasteiger partial charge on any atom is -0.482 e. The van der Waals surface area contributed by atoms with Crippen molar-refractivity contribution in [2.24, 2.45) is 0 Å². The van der Waals surface area contributed by atoms with Crippen molar-refractivity contribution in [3.63, 3.8) is 0 Å². The van der Waals surface area contributed by atoms with Crippen molar-refractivity contribution in [3.05, 3.63) is 23.2 Å². The van der Waals surface area contributed by atoms with Gasteiger partial charge in [-0.25, -0.2) is 0 Å². The summed E-state index contributed by atoms with van der Waals surface area (Å²) in [5.41, 5.74) is 0.129. The SMILES string of the molecule is O=C(Nc1ccc(Cl)cc1OCC(F)(F)F)C1CCCO1. The average Bonchev–Trinajstić information content (AvgIpc) is 2.92. The second-order valence-electron chi connectivity index (χ2n) is 4.54. The number of anilines is 1. The number of carbonyl (C=O) groups is 1. The summed E-state index contributed by atoms with van der Waals surface area (Å²) < 4.78 is 46.5. The summed E-state index contributed by atoms with van der Waals surface area (Å²) in [4.78, 5) is 11.9. The molecule has 0 aliphatic carbocycles. The normalized spacial score (nSPS) is 18.6. The third-order valence-corrected chi connectivity index (χ3v) is 3.05. The Kier molecular flexibility index (Phi) is 4.95. The van der Waals surface area contributed by atoms with Gasteiger partial charge in [-0.1, -0.05) is 11.6 Å². The maximum absolute atomic E-state index is 12.2. The molecule has 8 heteroatoms. The molecular weight excluding hydrogens is 311 g/mol. The van der Waals surface area contributed by atoms with E-state index in [9.17, 15) is 18.0 Å². The van der Waals surface area contributed by atoms with Crippen LogP contribution in [-0.2, 0) is 9.53 Å². The van der Waals surface area contributed by atoms with Gasteiger partial charge in [0.15, 0.2) is 6.61 Å². The molecule has 1 aliphatic rings. The summed E-state index contributed by atoms with van der Waals surface area (Å²) in [5, 5.41) is 2.71. The van der Waals surface area contributed by atoms with Crippen LogP contribution in [0.3, 0.4) is 0 Å². The smallest absolute Gasteiger partial charge is 0.422 e. The Labute approximate surface area is 124 Å². The van der Waals surface area contributed by atoms with E-state index in [1.165, 1.54) is 18.2 Å². The van der Waals surface area contributed by atoms with Crippen LogP contribution in [0.1, 0.15) is 12.8 Å². The molecule has 1 aromatic carbocycles.